The molecule has 190 valence electrons. The van der Waals surface area contributed by atoms with Crippen molar-refractivity contribution in [3.8, 4) is 11.5 Å². The van der Waals surface area contributed by atoms with Crippen LogP contribution in [-0.4, -0.2) is 31.9 Å². The van der Waals surface area contributed by atoms with E-state index < -0.39 is 41.5 Å². The molecule has 5 nitrogen and oxygen atoms in total. The van der Waals surface area contributed by atoms with E-state index in [4.69, 9.17) is 18.9 Å². The Hall–Kier alpha value is -3.07. The molecule has 0 spiro atoms. The summed E-state index contributed by atoms with van der Waals surface area (Å²) in [5, 5.41) is 0. The van der Waals surface area contributed by atoms with E-state index in [9.17, 15) is 22.4 Å². The molecule has 0 amide bonds. The van der Waals surface area contributed by atoms with E-state index in [1.165, 1.54) is 12.1 Å². The van der Waals surface area contributed by atoms with Crippen molar-refractivity contribution in [3.63, 3.8) is 0 Å². The van der Waals surface area contributed by atoms with Crippen LogP contribution in [0.4, 0.5) is 17.6 Å². The first kappa shape index (κ1) is 26.5. The van der Waals surface area contributed by atoms with Gasteiger partial charge in [-0.05, 0) is 55.7 Å². The van der Waals surface area contributed by atoms with Crippen LogP contribution in [0, 0.1) is 5.82 Å². The summed E-state index contributed by atoms with van der Waals surface area (Å²) in [7, 11) is 0. The fourth-order valence-corrected chi connectivity index (χ4v) is 3.66. The maximum atomic E-state index is 14.9. The number of halogens is 4. The maximum absolute atomic E-state index is 14.9. The molecule has 2 atom stereocenters. The van der Waals surface area contributed by atoms with Gasteiger partial charge in [0.2, 0.25) is 0 Å². The second kappa shape index (κ2) is 12.1. The third kappa shape index (κ3) is 6.97. The van der Waals surface area contributed by atoms with E-state index in [2.05, 4.69) is 13.5 Å². The van der Waals surface area contributed by atoms with Crippen molar-refractivity contribution in [2.24, 2.45) is 0 Å². The number of benzene rings is 2. The first-order valence-corrected chi connectivity index (χ1v) is 11.4. The number of carbonyl (C=O) groups is 1. The molecule has 1 fully saturated rings. The topological polar surface area (TPSA) is 54.0 Å². The minimum Gasteiger partial charge on any atom is -0.494 e. The minimum atomic E-state index is -4.94. The van der Waals surface area contributed by atoms with E-state index in [0.717, 1.165) is 18.9 Å². The van der Waals surface area contributed by atoms with Crippen LogP contribution in [0.25, 0.3) is 0 Å². The number of esters is 1. The van der Waals surface area contributed by atoms with Gasteiger partial charge in [-0.15, -0.1) is 0 Å². The largest absolute Gasteiger partial charge is 0.494 e. The molecule has 0 bridgehead atoms. The fraction of sp³-hybridized carbons (Fsp3) is 0.423. The van der Waals surface area contributed by atoms with Crippen molar-refractivity contribution >= 4 is 5.97 Å². The average Bonchev–Trinajstić information content (AvgIpc) is 2.83. The van der Waals surface area contributed by atoms with Crippen LogP contribution >= 0.6 is 0 Å². The minimum absolute atomic E-state index is 0.0654. The Morgan fingerprint density at radius 1 is 1.14 bits per heavy atom. The number of unbranched alkanes of at least 4 members (excludes halogenated alkanes) is 1. The molecule has 0 aromatic heterocycles. The number of alkyl halides is 3. The molecule has 3 rings (SSSR count). The summed E-state index contributed by atoms with van der Waals surface area (Å²) in [6.07, 6.45) is -2.74. The molecular formula is C26H28F4O5. The van der Waals surface area contributed by atoms with Crippen LogP contribution in [0.5, 0.6) is 11.5 Å². The molecule has 2 unspecified atom stereocenters. The van der Waals surface area contributed by atoms with Gasteiger partial charge in [0.15, 0.2) is 0 Å². The van der Waals surface area contributed by atoms with Gasteiger partial charge in [-0.1, -0.05) is 26.0 Å². The summed E-state index contributed by atoms with van der Waals surface area (Å²) in [5.41, 5.74) is -1.35. The van der Waals surface area contributed by atoms with E-state index in [-0.39, 0.29) is 25.2 Å². The van der Waals surface area contributed by atoms with Gasteiger partial charge in [0, 0.05) is 5.56 Å². The van der Waals surface area contributed by atoms with Crippen LogP contribution in [0.3, 0.4) is 0 Å². The zero-order chi connectivity index (χ0) is 25.4. The molecule has 1 aliphatic rings. The summed E-state index contributed by atoms with van der Waals surface area (Å²) in [4.78, 5) is 12.4. The van der Waals surface area contributed by atoms with Gasteiger partial charge in [-0.2, -0.15) is 13.2 Å². The van der Waals surface area contributed by atoms with E-state index in [1.54, 1.807) is 24.3 Å². The average molecular weight is 496 g/mol. The third-order valence-corrected chi connectivity index (χ3v) is 5.49. The van der Waals surface area contributed by atoms with E-state index >= 15 is 0 Å². The zero-order valence-electron chi connectivity index (χ0n) is 19.4. The molecule has 35 heavy (non-hydrogen) atoms. The smallest absolute Gasteiger partial charge is 0.422 e. The maximum Gasteiger partial charge on any atom is 0.422 e. The van der Waals surface area contributed by atoms with Crippen molar-refractivity contribution in [1.82, 2.24) is 0 Å². The Balaban J connectivity index is 1.60. The Labute approximate surface area is 201 Å². The summed E-state index contributed by atoms with van der Waals surface area (Å²) in [6, 6.07) is 8.87. The lowest BCUT2D eigenvalue weighted by Crippen LogP contribution is -2.30. The molecule has 0 radical (unpaired) electrons. The van der Waals surface area contributed by atoms with Crippen LogP contribution in [0.15, 0.2) is 49.1 Å². The number of hydrogen-bond acceptors (Lipinski definition) is 5. The van der Waals surface area contributed by atoms with E-state index in [0.29, 0.717) is 24.3 Å². The highest BCUT2D eigenvalue weighted by atomic mass is 19.4. The van der Waals surface area contributed by atoms with Crippen LogP contribution in [-0.2, 0) is 15.7 Å². The number of rotatable bonds is 10. The molecule has 0 N–H and O–H groups in total. The fourth-order valence-electron chi connectivity index (χ4n) is 3.66. The highest BCUT2D eigenvalue weighted by Gasteiger charge is 2.40. The van der Waals surface area contributed by atoms with Crippen molar-refractivity contribution in [1.29, 1.82) is 0 Å². The summed E-state index contributed by atoms with van der Waals surface area (Å²) >= 11 is 0. The Morgan fingerprint density at radius 3 is 2.49 bits per heavy atom. The van der Waals surface area contributed by atoms with Crippen molar-refractivity contribution in [2.45, 2.75) is 51.0 Å². The van der Waals surface area contributed by atoms with Gasteiger partial charge >= 0.3 is 12.1 Å². The predicted molar refractivity (Wildman–Crippen MR) is 121 cm³/mol. The number of ether oxygens (including phenoxy) is 4. The van der Waals surface area contributed by atoms with Crippen LogP contribution in [0.2, 0.25) is 0 Å². The highest BCUT2D eigenvalue weighted by molar-refractivity contribution is 5.89. The zero-order valence-corrected chi connectivity index (χ0v) is 19.4. The molecule has 0 aliphatic carbocycles. The summed E-state index contributed by atoms with van der Waals surface area (Å²) in [5.74, 6) is -1.93. The standard InChI is InChI=1S/C26H28F4O5/c1-3-5-15-32-18-8-6-17(7-9-18)25(31)35-19-10-12-21(34-16-19)20-11-13-22(33-14-4-2)23(24(20)27)26(28,29)30/h4,6-9,11,13,19,21H,2-3,5,10,12,14-16H2,1H3. The third-order valence-electron chi connectivity index (χ3n) is 5.49. The monoisotopic (exact) mass is 496 g/mol. The van der Waals surface area contributed by atoms with Gasteiger partial charge in [0.1, 0.15) is 35.6 Å². The number of carbonyl (C=O) groups excluding carboxylic acids is 1. The van der Waals surface area contributed by atoms with Crippen molar-refractivity contribution in [2.75, 3.05) is 19.8 Å². The van der Waals surface area contributed by atoms with Crippen LogP contribution < -0.4 is 9.47 Å². The second-order valence-electron chi connectivity index (χ2n) is 8.09. The second-order valence-corrected chi connectivity index (χ2v) is 8.09. The summed E-state index contributed by atoms with van der Waals surface area (Å²) in [6.45, 7) is 5.78. The van der Waals surface area contributed by atoms with Gasteiger partial charge in [0.05, 0.1) is 24.9 Å². The number of hydrogen-bond donors (Lipinski definition) is 0. The highest BCUT2D eigenvalue weighted by Crippen LogP contribution is 2.42. The van der Waals surface area contributed by atoms with Crippen LogP contribution in [0.1, 0.15) is 60.2 Å². The lowest BCUT2D eigenvalue weighted by molar-refractivity contribution is -0.141. The SMILES string of the molecule is C=CCOc1ccc(C2CCC(OC(=O)c3ccc(OCCCC)cc3)CO2)c(F)c1C(F)(F)F. The lowest BCUT2D eigenvalue weighted by Gasteiger charge is -2.30. The molecule has 1 aliphatic heterocycles. The van der Waals surface area contributed by atoms with Gasteiger partial charge in [-0.25, -0.2) is 9.18 Å². The van der Waals surface area contributed by atoms with Gasteiger partial charge in [0.25, 0.3) is 0 Å². The predicted octanol–water partition coefficient (Wildman–Crippen LogP) is 6.67. The quantitative estimate of drug-likeness (QED) is 0.159. The van der Waals surface area contributed by atoms with E-state index in [1.807, 2.05) is 0 Å². The van der Waals surface area contributed by atoms with Crippen molar-refractivity contribution < 1.29 is 41.3 Å². The molecule has 1 heterocycles. The summed E-state index contributed by atoms with van der Waals surface area (Å²) < 4.78 is 77.0. The normalized spacial score (nSPS) is 18.1. The first-order chi connectivity index (χ1) is 16.7. The Morgan fingerprint density at radius 2 is 1.89 bits per heavy atom. The molecule has 2 aromatic rings. The van der Waals surface area contributed by atoms with Crippen molar-refractivity contribution in [3.05, 3.63) is 71.6 Å². The Kier molecular flexibility index (Phi) is 9.14. The molecule has 9 heteroatoms. The molecule has 2 aromatic carbocycles. The molecule has 0 saturated carbocycles. The molecular weight excluding hydrogens is 468 g/mol. The van der Waals surface area contributed by atoms with Gasteiger partial charge in [-0.3, -0.25) is 0 Å². The lowest BCUT2D eigenvalue weighted by atomic mass is 9.97. The Bertz CT molecular complexity index is 996. The van der Waals surface area contributed by atoms with Gasteiger partial charge < -0.3 is 18.9 Å². The molecule has 1 saturated heterocycles. The first-order valence-electron chi connectivity index (χ1n) is 11.4.